The van der Waals surface area contributed by atoms with E-state index in [4.69, 9.17) is 0 Å². The highest BCUT2D eigenvalue weighted by atomic mass is 32.2. The second-order valence-corrected chi connectivity index (χ2v) is 7.99. The number of rotatable bonds is 5. The number of nitriles is 1. The highest BCUT2D eigenvalue weighted by molar-refractivity contribution is 7.92. The van der Waals surface area contributed by atoms with Crippen molar-refractivity contribution in [3.63, 3.8) is 0 Å². The van der Waals surface area contributed by atoms with Crippen LogP contribution in [0.5, 0.6) is 0 Å². The average molecular weight is 378 g/mol. The van der Waals surface area contributed by atoms with Crippen molar-refractivity contribution in [3.8, 4) is 6.07 Å². The Kier molecular flexibility index (Phi) is 5.56. The van der Waals surface area contributed by atoms with E-state index in [2.05, 4.69) is 10.1 Å². The zero-order chi connectivity index (χ0) is 18.6. The number of nitrogens with one attached hydrogen (secondary N) is 1. The maximum Gasteiger partial charge on any atom is 0.348 e. The predicted molar refractivity (Wildman–Crippen MR) is 92.2 cm³/mol. The third kappa shape index (κ3) is 4.04. The third-order valence-corrected chi connectivity index (χ3v) is 6.13. The predicted octanol–water partition coefficient (Wildman–Crippen LogP) is 2.13. The van der Waals surface area contributed by atoms with E-state index in [1.165, 1.54) is 19.2 Å². The third-order valence-electron chi connectivity index (χ3n) is 3.31. The van der Waals surface area contributed by atoms with Crippen molar-refractivity contribution in [3.05, 3.63) is 46.3 Å². The summed E-state index contributed by atoms with van der Waals surface area (Å²) in [6, 6.07) is 9.48. The number of anilines is 1. The highest BCUT2D eigenvalue weighted by Gasteiger charge is 2.24. The number of ether oxygens (including phenoxy) is 1. The molecule has 2 rings (SSSR count). The summed E-state index contributed by atoms with van der Waals surface area (Å²) in [5, 5.41) is 11.7. The molecule has 0 saturated carbocycles. The van der Waals surface area contributed by atoms with Crippen LogP contribution < -0.4 is 5.32 Å². The van der Waals surface area contributed by atoms with E-state index in [0.717, 1.165) is 11.3 Å². The normalized spacial score (nSPS) is 10.8. The van der Waals surface area contributed by atoms with Gasteiger partial charge < -0.3 is 10.1 Å². The number of carbonyl (C=O) groups is 2. The van der Waals surface area contributed by atoms with Gasteiger partial charge in [-0.15, -0.1) is 11.3 Å². The molecular formula is C16H14N2O5S2. The van der Waals surface area contributed by atoms with Gasteiger partial charge in [0.2, 0.25) is 5.91 Å². The maximum atomic E-state index is 12.2. The summed E-state index contributed by atoms with van der Waals surface area (Å²) in [5.74, 6) is -2.19. The molecule has 7 nitrogen and oxygen atoms in total. The largest absolute Gasteiger partial charge is 0.465 e. The molecule has 0 aliphatic carbocycles. The van der Waals surface area contributed by atoms with Gasteiger partial charge in [0, 0.05) is 0 Å². The number of esters is 1. The Bertz CT molecular complexity index is 956. The summed E-state index contributed by atoms with van der Waals surface area (Å²) in [5.41, 5.74) is 0.483. The number of nitrogens with zero attached hydrogens (tertiary/aromatic N) is 1. The van der Waals surface area contributed by atoms with E-state index in [0.29, 0.717) is 5.56 Å². The van der Waals surface area contributed by atoms with Crippen LogP contribution in [0.25, 0.3) is 0 Å². The van der Waals surface area contributed by atoms with Crippen LogP contribution in [0.2, 0.25) is 0 Å². The Hall–Kier alpha value is -2.70. The van der Waals surface area contributed by atoms with Crippen molar-refractivity contribution in [2.45, 2.75) is 11.8 Å². The summed E-state index contributed by atoms with van der Waals surface area (Å²) in [6.45, 7) is 1.55. The minimum atomic E-state index is -3.81. The molecule has 0 atom stereocenters. The average Bonchev–Trinajstić information content (AvgIpc) is 2.89. The number of methoxy groups -OCH3 is 1. The summed E-state index contributed by atoms with van der Waals surface area (Å²) < 4.78 is 29.1. The monoisotopic (exact) mass is 378 g/mol. The van der Waals surface area contributed by atoms with Crippen molar-refractivity contribution in [2.75, 3.05) is 18.2 Å². The van der Waals surface area contributed by atoms with E-state index in [1.54, 1.807) is 25.1 Å². The lowest BCUT2D eigenvalue weighted by Crippen LogP contribution is -2.22. The zero-order valence-corrected chi connectivity index (χ0v) is 15.0. The first-order valence-corrected chi connectivity index (χ1v) is 9.46. The molecular weight excluding hydrogens is 364 g/mol. The van der Waals surface area contributed by atoms with Crippen LogP contribution >= 0.6 is 11.3 Å². The Morgan fingerprint density at radius 2 is 1.92 bits per heavy atom. The van der Waals surface area contributed by atoms with Gasteiger partial charge in [-0.05, 0) is 24.6 Å². The fraction of sp³-hybridized carbons (Fsp3) is 0.188. The van der Waals surface area contributed by atoms with Crippen LogP contribution in [0.3, 0.4) is 0 Å². The van der Waals surface area contributed by atoms with E-state index in [9.17, 15) is 23.3 Å². The molecule has 0 fully saturated rings. The second-order valence-electron chi connectivity index (χ2n) is 4.98. The number of benzene rings is 1. The molecule has 25 heavy (non-hydrogen) atoms. The van der Waals surface area contributed by atoms with Gasteiger partial charge in [-0.3, -0.25) is 4.79 Å². The first-order valence-electron chi connectivity index (χ1n) is 6.99. The van der Waals surface area contributed by atoms with Gasteiger partial charge in [0.1, 0.15) is 21.7 Å². The van der Waals surface area contributed by atoms with Crippen molar-refractivity contribution >= 4 is 38.1 Å². The number of amides is 1. The molecule has 1 N–H and O–H groups in total. The Labute approximate surface area is 148 Å². The van der Waals surface area contributed by atoms with Crippen LogP contribution in [0.15, 0.2) is 35.2 Å². The van der Waals surface area contributed by atoms with E-state index >= 15 is 0 Å². The van der Waals surface area contributed by atoms with Crippen molar-refractivity contribution < 1.29 is 22.7 Å². The second kappa shape index (κ2) is 7.46. The van der Waals surface area contributed by atoms with Gasteiger partial charge in [-0.25, -0.2) is 13.2 Å². The first kappa shape index (κ1) is 18.6. The lowest BCUT2D eigenvalue weighted by molar-refractivity contribution is -0.113. The van der Waals surface area contributed by atoms with E-state index in [1.807, 2.05) is 6.07 Å². The highest BCUT2D eigenvalue weighted by Crippen LogP contribution is 2.33. The lowest BCUT2D eigenvalue weighted by atomic mass is 10.2. The molecule has 0 bridgehead atoms. The molecule has 0 aliphatic rings. The van der Waals surface area contributed by atoms with Crippen molar-refractivity contribution in [2.24, 2.45) is 0 Å². The van der Waals surface area contributed by atoms with Crippen molar-refractivity contribution in [1.82, 2.24) is 0 Å². The molecule has 1 heterocycles. The fourth-order valence-corrected chi connectivity index (χ4v) is 4.32. The van der Waals surface area contributed by atoms with Gasteiger partial charge in [0.05, 0.1) is 17.6 Å². The molecule has 0 spiro atoms. The zero-order valence-electron chi connectivity index (χ0n) is 13.4. The molecule has 1 aromatic carbocycles. The summed E-state index contributed by atoms with van der Waals surface area (Å²) in [4.78, 5) is 24.0. The molecule has 0 saturated heterocycles. The summed E-state index contributed by atoms with van der Waals surface area (Å²) in [6.07, 6.45) is 0. The topological polar surface area (TPSA) is 113 Å². The number of hydrogen-bond donors (Lipinski definition) is 1. The van der Waals surface area contributed by atoms with Crippen molar-refractivity contribution in [1.29, 1.82) is 5.26 Å². The van der Waals surface area contributed by atoms with Crippen LogP contribution in [0.4, 0.5) is 5.00 Å². The molecule has 130 valence electrons. The van der Waals surface area contributed by atoms with Gasteiger partial charge in [-0.2, -0.15) is 5.26 Å². The van der Waals surface area contributed by atoms with Gasteiger partial charge in [0.25, 0.3) is 0 Å². The van der Waals surface area contributed by atoms with Crippen LogP contribution in [-0.4, -0.2) is 33.2 Å². The Morgan fingerprint density at radius 1 is 1.28 bits per heavy atom. The fourth-order valence-electron chi connectivity index (χ4n) is 2.07. The SMILES string of the molecule is COC(=O)c1sc(NC(=O)CS(=O)(=O)c2ccccc2)c(C#N)c1C. The quantitative estimate of drug-likeness (QED) is 0.797. The maximum absolute atomic E-state index is 12.2. The summed E-state index contributed by atoms with van der Waals surface area (Å²) in [7, 11) is -2.60. The number of sulfone groups is 1. The minimum Gasteiger partial charge on any atom is -0.465 e. The van der Waals surface area contributed by atoms with Crippen LogP contribution in [0, 0.1) is 18.3 Å². The number of hydrogen-bond acceptors (Lipinski definition) is 7. The minimum absolute atomic E-state index is 0.0308. The molecule has 1 amide bonds. The molecule has 0 radical (unpaired) electrons. The van der Waals surface area contributed by atoms with Gasteiger partial charge in [-0.1, -0.05) is 18.2 Å². The molecule has 0 unspecified atom stereocenters. The summed E-state index contributed by atoms with van der Waals surface area (Å²) >= 11 is 0.870. The first-order chi connectivity index (χ1) is 11.8. The molecule has 0 aliphatic heterocycles. The lowest BCUT2D eigenvalue weighted by Gasteiger charge is -2.05. The number of thiophene rings is 1. The molecule has 2 aromatic rings. The van der Waals surface area contributed by atoms with Gasteiger partial charge >= 0.3 is 5.97 Å². The van der Waals surface area contributed by atoms with Crippen LogP contribution in [-0.2, 0) is 19.4 Å². The molecule has 9 heteroatoms. The Balaban J connectivity index is 2.24. The smallest absolute Gasteiger partial charge is 0.348 e. The van der Waals surface area contributed by atoms with Gasteiger partial charge in [0.15, 0.2) is 9.84 Å². The van der Waals surface area contributed by atoms with E-state index in [-0.39, 0.29) is 20.3 Å². The Morgan fingerprint density at radius 3 is 2.48 bits per heavy atom. The van der Waals surface area contributed by atoms with Crippen LogP contribution in [0.1, 0.15) is 20.8 Å². The molecule has 1 aromatic heterocycles. The standard InChI is InChI=1S/C16H14N2O5S2/c1-10-12(8-17)15(24-14(10)16(20)23-2)18-13(19)9-25(21,22)11-6-4-3-5-7-11/h3-7H,9H2,1-2H3,(H,18,19). The number of carbonyl (C=O) groups excluding carboxylic acids is 2. The van der Waals surface area contributed by atoms with E-state index < -0.39 is 27.5 Å².